The summed E-state index contributed by atoms with van der Waals surface area (Å²) in [6.45, 7) is 3.79. The minimum absolute atomic E-state index is 0.0649. The van der Waals surface area contributed by atoms with Crippen LogP contribution in [0, 0.1) is 11.6 Å². The van der Waals surface area contributed by atoms with Gasteiger partial charge >= 0.3 is 0 Å². The topological polar surface area (TPSA) is 66.6 Å². The molecule has 0 aliphatic heterocycles. The number of aliphatic hydroxyl groups excluding tert-OH is 1. The Labute approximate surface area is 110 Å². The third-order valence-electron chi connectivity index (χ3n) is 2.76. The third kappa shape index (κ3) is 3.64. The van der Waals surface area contributed by atoms with Crippen molar-refractivity contribution >= 4 is 11.6 Å². The maximum Gasteiger partial charge on any atom is 0.257 e. The summed E-state index contributed by atoms with van der Waals surface area (Å²) in [6, 6.07) is 1.44. The lowest BCUT2D eigenvalue weighted by Crippen LogP contribution is -2.38. The normalized spacial score (nSPS) is 10.8. The number of nitrogen functional groups attached to an aromatic ring is 1. The van der Waals surface area contributed by atoms with Crippen LogP contribution in [0.15, 0.2) is 12.1 Å². The largest absolute Gasteiger partial charge is 0.396 e. The van der Waals surface area contributed by atoms with Gasteiger partial charge in [0, 0.05) is 25.3 Å². The Balaban J connectivity index is 3.06. The molecule has 0 aliphatic rings. The van der Waals surface area contributed by atoms with Crippen LogP contribution < -0.4 is 5.73 Å². The lowest BCUT2D eigenvalue weighted by atomic mass is 10.1. The van der Waals surface area contributed by atoms with Crippen molar-refractivity contribution in [1.82, 2.24) is 4.90 Å². The monoisotopic (exact) mass is 272 g/mol. The first-order valence-electron chi connectivity index (χ1n) is 6.04. The van der Waals surface area contributed by atoms with Crippen molar-refractivity contribution in [3.05, 3.63) is 29.3 Å². The first-order chi connectivity index (χ1) is 8.88. The van der Waals surface area contributed by atoms with Gasteiger partial charge in [-0.05, 0) is 26.3 Å². The maximum atomic E-state index is 13.6. The van der Waals surface area contributed by atoms with Crippen molar-refractivity contribution in [1.29, 1.82) is 0 Å². The van der Waals surface area contributed by atoms with Crippen LogP contribution in [0.5, 0.6) is 0 Å². The highest BCUT2D eigenvalue weighted by Crippen LogP contribution is 2.19. The van der Waals surface area contributed by atoms with Gasteiger partial charge in [-0.2, -0.15) is 0 Å². The lowest BCUT2D eigenvalue weighted by molar-refractivity contribution is 0.0688. The van der Waals surface area contributed by atoms with Gasteiger partial charge in [-0.25, -0.2) is 8.78 Å². The van der Waals surface area contributed by atoms with Crippen LogP contribution in [0.3, 0.4) is 0 Å². The minimum Gasteiger partial charge on any atom is -0.396 e. The van der Waals surface area contributed by atoms with Crippen LogP contribution in [0.25, 0.3) is 0 Å². The molecule has 0 spiro atoms. The van der Waals surface area contributed by atoms with Crippen molar-refractivity contribution < 1.29 is 18.7 Å². The number of nitrogens with two attached hydrogens (primary N) is 1. The van der Waals surface area contributed by atoms with Crippen LogP contribution in [-0.4, -0.2) is 35.1 Å². The van der Waals surface area contributed by atoms with Crippen molar-refractivity contribution in [2.24, 2.45) is 0 Å². The SMILES string of the molecule is CC(C)N(CCCO)C(=O)c1cc(N)c(F)cc1F. The van der Waals surface area contributed by atoms with Crippen LogP contribution in [0.2, 0.25) is 0 Å². The molecule has 0 saturated carbocycles. The molecule has 1 aromatic rings. The Kier molecular flexibility index (Phi) is 5.23. The van der Waals surface area contributed by atoms with E-state index in [9.17, 15) is 13.6 Å². The lowest BCUT2D eigenvalue weighted by Gasteiger charge is -2.27. The van der Waals surface area contributed by atoms with E-state index in [4.69, 9.17) is 10.8 Å². The molecule has 1 rings (SSSR count). The fourth-order valence-electron chi connectivity index (χ4n) is 1.72. The number of anilines is 1. The molecule has 19 heavy (non-hydrogen) atoms. The van der Waals surface area contributed by atoms with Gasteiger partial charge in [0.2, 0.25) is 0 Å². The van der Waals surface area contributed by atoms with Gasteiger partial charge in [-0.1, -0.05) is 0 Å². The van der Waals surface area contributed by atoms with Gasteiger partial charge in [-0.3, -0.25) is 4.79 Å². The van der Waals surface area contributed by atoms with E-state index in [1.807, 2.05) is 0 Å². The number of hydrogen-bond donors (Lipinski definition) is 2. The summed E-state index contributed by atoms with van der Waals surface area (Å²) in [6.07, 6.45) is 0.391. The molecular weight excluding hydrogens is 254 g/mol. The summed E-state index contributed by atoms with van der Waals surface area (Å²) in [4.78, 5) is 13.6. The second-order valence-corrected chi connectivity index (χ2v) is 4.52. The molecule has 3 N–H and O–H groups in total. The second-order valence-electron chi connectivity index (χ2n) is 4.52. The number of nitrogens with zero attached hydrogens (tertiary/aromatic N) is 1. The number of amides is 1. The predicted molar refractivity (Wildman–Crippen MR) is 68.6 cm³/mol. The Hall–Kier alpha value is -1.69. The van der Waals surface area contributed by atoms with E-state index in [0.717, 1.165) is 6.07 Å². The van der Waals surface area contributed by atoms with Crippen LogP contribution in [-0.2, 0) is 0 Å². The van der Waals surface area contributed by atoms with E-state index < -0.39 is 17.5 Å². The minimum atomic E-state index is -0.939. The van der Waals surface area contributed by atoms with Gasteiger partial charge in [0.1, 0.15) is 11.6 Å². The molecule has 0 aromatic heterocycles. The summed E-state index contributed by atoms with van der Waals surface area (Å²) in [5, 5.41) is 8.80. The van der Waals surface area contributed by atoms with Gasteiger partial charge in [0.05, 0.1) is 11.3 Å². The highest BCUT2D eigenvalue weighted by Gasteiger charge is 2.22. The van der Waals surface area contributed by atoms with Gasteiger partial charge in [-0.15, -0.1) is 0 Å². The first-order valence-corrected chi connectivity index (χ1v) is 6.04. The first kappa shape index (κ1) is 15.4. The fraction of sp³-hybridized carbons (Fsp3) is 0.462. The average Bonchev–Trinajstić information content (AvgIpc) is 2.33. The zero-order valence-electron chi connectivity index (χ0n) is 11.0. The predicted octanol–water partition coefficient (Wildman–Crippen LogP) is 1.78. The number of aliphatic hydroxyl groups is 1. The van der Waals surface area contributed by atoms with Crippen LogP contribution in [0.1, 0.15) is 30.6 Å². The number of benzene rings is 1. The fourth-order valence-corrected chi connectivity index (χ4v) is 1.72. The number of carbonyl (C=O) groups is 1. The molecule has 0 radical (unpaired) electrons. The Morgan fingerprint density at radius 1 is 1.37 bits per heavy atom. The molecular formula is C13H18F2N2O2. The molecule has 0 fully saturated rings. The van der Waals surface area contributed by atoms with E-state index >= 15 is 0 Å². The molecule has 0 aliphatic carbocycles. The van der Waals surface area contributed by atoms with Crippen molar-refractivity contribution in [2.75, 3.05) is 18.9 Å². The van der Waals surface area contributed by atoms with Crippen molar-refractivity contribution in [3.63, 3.8) is 0 Å². The third-order valence-corrected chi connectivity index (χ3v) is 2.76. The van der Waals surface area contributed by atoms with E-state index in [0.29, 0.717) is 19.0 Å². The quantitative estimate of drug-likeness (QED) is 0.803. The van der Waals surface area contributed by atoms with Gasteiger partial charge in [0.25, 0.3) is 5.91 Å². The Bertz CT molecular complexity index is 464. The number of halogens is 2. The Morgan fingerprint density at radius 3 is 2.53 bits per heavy atom. The van der Waals surface area contributed by atoms with Crippen molar-refractivity contribution in [3.8, 4) is 0 Å². The van der Waals surface area contributed by atoms with Crippen molar-refractivity contribution in [2.45, 2.75) is 26.3 Å². The number of carbonyl (C=O) groups excluding carboxylic acids is 1. The number of hydrogen-bond acceptors (Lipinski definition) is 3. The van der Waals surface area contributed by atoms with Gasteiger partial charge < -0.3 is 15.7 Å². The highest BCUT2D eigenvalue weighted by atomic mass is 19.1. The zero-order chi connectivity index (χ0) is 14.6. The zero-order valence-corrected chi connectivity index (χ0v) is 11.0. The average molecular weight is 272 g/mol. The summed E-state index contributed by atoms with van der Waals surface area (Å²) < 4.78 is 26.7. The van der Waals surface area contributed by atoms with E-state index in [-0.39, 0.29) is 23.9 Å². The maximum absolute atomic E-state index is 13.6. The van der Waals surface area contributed by atoms with E-state index in [1.54, 1.807) is 13.8 Å². The highest BCUT2D eigenvalue weighted by molar-refractivity contribution is 5.95. The molecule has 1 amide bonds. The van der Waals surface area contributed by atoms with E-state index in [1.165, 1.54) is 4.90 Å². The molecule has 0 unspecified atom stereocenters. The van der Waals surface area contributed by atoms with Crippen LogP contribution >= 0.6 is 0 Å². The van der Waals surface area contributed by atoms with E-state index in [2.05, 4.69) is 0 Å². The van der Waals surface area contributed by atoms with Crippen LogP contribution in [0.4, 0.5) is 14.5 Å². The summed E-state index contributed by atoms with van der Waals surface area (Å²) in [5.41, 5.74) is 4.82. The summed E-state index contributed by atoms with van der Waals surface area (Å²) in [7, 11) is 0. The summed E-state index contributed by atoms with van der Waals surface area (Å²) >= 11 is 0. The molecule has 4 nitrogen and oxygen atoms in total. The molecule has 0 bridgehead atoms. The summed E-state index contributed by atoms with van der Waals surface area (Å²) in [5.74, 6) is -2.39. The molecule has 0 saturated heterocycles. The standard InChI is InChI=1S/C13H18F2N2O2/c1-8(2)17(4-3-5-18)13(19)9-6-12(16)11(15)7-10(9)14/h6-8,18H,3-5,16H2,1-2H3. The second kappa shape index (κ2) is 6.47. The molecule has 106 valence electrons. The smallest absolute Gasteiger partial charge is 0.257 e. The molecule has 1 aromatic carbocycles. The van der Waals surface area contributed by atoms with Gasteiger partial charge in [0.15, 0.2) is 0 Å². The number of rotatable bonds is 5. The molecule has 0 atom stereocenters. The molecule has 0 heterocycles. The molecule has 6 heteroatoms. The Morgan fingerprint density at radius 2 is 2.00 bits per heavy atom.